The molecule has 0 amide bonds. The maximum atomic E-state index is 9.97. The molecule has 2 N–H and O–H groups in total. The molecule has 1 aliphatic rings. The van der Waals surface area contributed by atoms with Gasteiger partial charge in [-0.1, -0.05) is 28.7 Å². The highest BCUT2D eigenvalue weighted by Crippen LogP contribution is 2.22. The Morgan fingerprint density at radius 2 is 2.33 bits per heavy atom. The van der Waals surface area contributed by atoms with Crippen molar-refractivity contribution in [3.05, 3.63) is 10.2 Å². The lowest BCUT2D eigenvalue weighted by Crippen LogP contribution is -2.46. The molecule has 1 fully saturated rings. The molecule has 3 nitrogen and oxygen atoms in total. The maximum Gasteiger partial charge on any atom is 0.0617 e. The van der Waals surface area contributed by atoms with Gasteiger partial charge in [0.2, 0.25) is 0 Å². The van der Waals surface area contributed by atoms with Crippen LogP contribution < -0.4 is 0 Å². The first-order valence-corrected chi connectivity index (χ1v) is 6.69. The van der Waals surface area contributed by atoms with Crippen LogP contribution in [0.2, 0.25) is 0 Å². The highest BCUT2D eigenvalue weighted by atomic mass is 127. The van der Waals surface area contributed by atoms with E-state index in [1.807, 2.05) is 17.2 Å². The van der Waals surface area contributed by atoms with Crippen LogP contribution >= 0.6 is 22.6 Å². The average Bonchev–Trinajstić information content (AvgIpc) is 2.22. The van der Waals surface area contributed by atoms with Crippen LogP contribution in [0.1, 0.15) is 19.3 Å². The third-order valence-electron chi connectivity index (χ3n) is 3.04. The van der Waals surface area contributed by atoms with Gasteiger partial charge in [0.1, 0.15) is 0 Å². The molecule has 3 unspecified atom stereocenters. The van der Waals surface area contributed by atoms with Gasteiger partial charge in [-0.25, -0.2) is 0 Å². The largest absolute Gasteiger partial charge is 0.393 e. The predicted octanol–water partition coefficient (Wildman–Crippen LogP) is 1.39. The van der Waals surface area contributed by atoms with Crippen molar-refractivity contribution in [2.75, 3.05) is 20.1 Å². The summed E-state index contributed by atoms with van der Waals surface area (Å²) in [4.78, 5) is 2.18. The molecule has 1 aliphatic heterocycles. The Kier molecular flexibility index (Phi) is 6.11. The molecule has 0 bridgehead atoms. The van der Waals surface area contributed by atoms with Gasteiger partial charge in [0.05, 0.1) is 12.2 Å². The molecular formula is C11H20INO2. The van der Waals surface area contributed by atoms with Gasteiger partial charge in [0.15, 0.2) is 0 Å². The number of rotatable bonds is 4. The first-order chi connectivity index (χ1) is 7.15. The quantitative estimate of drug-likeness (QED) is 0.768. The molecule has 0 radical (unpaired) electrons. The third kappa shape index (κ3) is 4.38. The zero-order chi connectivity index (χ0) is 11.3. The maximum absolute atomic E-state index is 9.97. The SMILES string of the molecule is CN1CCC(O)C(C(O)CC/C=C/I)C1. The standard InChI is InChI=1S/C11H20INO2/c1-13-7-5-11(15)9(8-13)10(14)4-2-3-6-12/h3,6,9-11,14-15H,2,4-5,7-8H2,1H3/b6-3+. The van der Waals surface area contributed by atoms with Gasteiger partial charge >= 0.3 is 0 Å². The summed E-state index contributed by atoms with van der Waals surface area (Å²) < 4.78 is 1.97. The van der Waals surface area contributed by atoms with Gasteiger partial charge in [-0.05, 0) is 30.4 Å². The van der Waals surface area contributed by atoms with Gasteiger partial charge in [-0.15, -0.1) is 0 Å². The Morgan fingerprint density at radius 1 is 1.60 bits per heavy atom. The molecule has 88 valence electrons. The summed E-state index contributed by atoms with van der Waals surface area (Å²) in [5.41, 5.74) is 0. The van der Waals surface area contributed by atoms with Gasteiger partial charge in [-0.2, -0.15) is 0 Å². The summed E-state index contributed by atoms with van der Waals surface area (Å²) in [6.07, 6.45) is 3.74. The highest BCUT2D eigenvalue weighted by Gasteiger charge is 2.31. The minimum atomic E-state index is -0.379. The van der Waals surface area contributed by atoms with Crippen molar-refractivity contribution in [3.63, 3.8) is 0 Å². The summed E-state index contributed by atoms with van der Waals surface area (Å²) in [7, 11) is 2.04. The summed E-state index contributed by atoms with van der Waals surface area (Å²) in [6, 6.07) is 0. The molecule has 1 heterocycles. The molecule has 0 aromatic carbocycles. The number of nitrogens with zero attached hydrogens (tertiary/aromatic N) is 1. The van der Waals surface area contributed by atoms with E-state index in [2.05, 4.69) is 27.5 Å². The first kappa shape index (κ1) is 13.4. The van der Waals surface area contributed by atoms with E-state index in [4.69, 9.17) is 0 Å². The van der Waals surface area contributed by atoms with E-state index < -0.39 is 0 Å². The summed E-state index contributed by atoms with van der Waals surface area (Å²) >= 11 is 2.18. The van der Waals surface area contributed by atoms with Crippen molar-refractivity contribution in [2.24, 2.45) is 5.92 Å². The van der Waals surface area contributed by atoms with Gasteiger partial charge in [0.25, 0.3) is 0 Å². The lowest BCUT2D eigenvalue weighted by Gasteiger charge is -2.36. The van der Waals surface area contributed by atoms with Crippen molar-refractivity contribution in [2.45, 2.75) is 31.5 Å². The van der Waals surface area contributed by atoms with E-state index >= 15 is 0 Å². The topological polar surface area (TPSA) is 43.7 Å². The smallest absolute Gasteiger partial charge is 0.0617 e. The monoisotopic (exact) mass is 325 g/mol. The van der Waals surface area contributed by atoms with Crippen molar-refractivity contribution >= 4 is 22.6 Å². The summed E-state index contributed by atoms with van der Waals surface area (Å²) in [5, 5.41) is 19.8. The number of hydrogen-bond acceptors (Lipinski definition) is 3. The fourth-order valence-electron chi connectivity index (χ4n) is 2.06. The van der Waals surface area contributed by atoms with Crippen LogP contribution in [0.25, 0.3) is 0 Å². The molecule has 0 aliphatic carbocycles. The molecule has 1 rings (SSSR count). The third-order valence-corrected chi connectivity index (χ3v) is 3.54. The molecule has 0 aromatic heterocycles. The molecule has 1 saturated heterocycles. The van der Waals surface area contributed by atoms with Crippen LogP contribution in [0.15, 0.2) is 10.2 Å². The van der Waals surface area contributed by atoms with Gasteiger partial charge < -0.3 is 15.1 Å². The number of piperidine rings is 1. The first-order valence-electron chi connectivity index (χ1n) is 5.45. The molecule has 4 heteroatoms. The second-order valence-electron chi connectivity index (χ2n) is 4.29. The fourth-order valence-corrected chi connectivity index (χ4v) is 2.42. The molecule has 0 saturated carbocycles. The van der Waals surface area contributed by atoms with Crippen molar-refractivity contribution in [1.82, 2.24) is 4.90 Å². The van der Waals surface area contributed by atoms with E-state index in [0.29, 0.717) is 0 Å². The number of likely N-dealkylation sites (tertiary alicyclic amines) is 1. The second-order valence-corrected chi connectivity index (χ2v) is 5.01. The van der Waals surface area contributed by atoms with Crippen LogP contribution in [-0.4, -0.2) is 47.5 Å². The minimum Gasteiger partial charge on any atom is -0.393 e. The Labute approximate surface area is 105 Å². The minimum absolute atomic E-state index is 0.0198. The van der Waals surface area contributed by atoms with E-state index in [9.17, 15) is 10.2 Å². The molecule has 3 atom stereocenters. The van der Waals surface area contributed by atoms with Crippen molar-refractivity contribution < 1.29 is 10.2 Å². The van der Waals surface area contributed by atoms with Gasteiger partial charge in [-0.3, -0.25) is 0 Å². The van der Waals surface area contributed by atoms with Crippen molar-refractivity contribution in [1.29, 1.82) is 0 Å². The zero-order valence-corrected chi connectivity index (χ0v) is 11.3. The molecule has 0 aromatic rings. The summed E-state index contributed by atoms with van der Waals surface area (Å²) in [5.74, 6) is 0.0198. The lowest BCUT2D eigenvalue weighted by molar-refractivity contribution is -0.0350. The number of halogens is 1. The normalized spacial score (nSPS) is 30.9. The van der Waals surface area contributed by atoms with E-state index in [1.165, 1.54) is 0 Å². The zero-order valence-electron chi connectivity index (χ0n) is 9.14. The van der Waals surface area contributed by atoms with Crippen LogP contribution in [0.4, 0.5) is 0 Å². The Hall–Kier alpha value is 0.350. The fraction of sp³-hybridized carbons (Fsp3) is 0.818. The van der Waals surface area contributed by atoms with E-state index in [1.54, 1.807) is 0 Å². The Morgan fingerprint density at radius 3 is 3.00 bits per heavy atom. The average molecular weight is 325 g/mol. The van der Waals surface area contributed by atoms with Crippen molar-refractivity contribution in [3.8, 4) is 0 Å². The molecule has 0 spiro atoms. The summed E-state index contributed by atoms with van der Waals surface area (Å²) in [6.45, 7) is 1.73. The number of aliphatic hydroxyl groups is 2. The highest BCUT2D eigenvalue weighted by molar-refractivity contribution is 14.1. The predicted molar refractivity (Wildman–Crippen MR) is 70.0 cm³/mol. The molecule has 15 heavy (non-hydrogen) atoms. The Bertz CT molecular complexity index is 211. The van der Waals surface area contributed by atoms with Crippen LogP contribution in [0.5, 0.6) is 0 Å². The van der Waals surface area contributed by atoms with E-state index in [0.717, 1.165) is 32.4 Å². The second kappa shape index (κ2) is 6.83. The van der Waals surface area contributed by atoms with Crippen LogP contribution in [0, 0.1) is 5.92 Å². The Balaban J connectivity index is 2.38. The van der Waals surface area contributed by atoms with Crippen LogP contribution in [-0.2, 0) is 0 Å². The number of hydrogen-bond donors (Lipinski definition) is 2. The molecular weight excluding hydrogens is 305 g/mol. The van der Waals surface area contributed by atoms with Crippen LogP contribution in [0.3, 0.4) is 0 Å². The number of aliphatic hydroxyl groups excluding tert-OH is 2. The van der Waals surface area contributed by atoms with E-state index in [-0.39, 0.29) is 18.1 Å². The number of allylic oxidation sites excluding steroid dienone is 1. The lowest BCUT2D eigenvalue weighted by atomic mass is 9.88. The van der Waals surface area contributed by atoms with Gasteiger partial charge in [0, 0.05) is 19.0 Å².